The van der Waals surface area contributed by atoms with Gasteiger partial charge in [-0.1, -0.05) is 12.1 Å². The van der Waals surface area contributed by atoms with Crippen LogP contribution in [0.2, 0.25) is 0 Å². The summed E-state index contributed by atoms with van der Waals surface area (Å²) in [6, 6.07) is 4.68. The first-order valence-corrected chi connectivity index (χ1v) is 5.73. The molecule has 1 aromatic carbocycles. The Morgan fingerprint density at radius 3 is 2.71 bits per heavy atom. The molecular formula is C13H17N. The number of rotatable bonds is 1. The van der Waals surface area contributed by atoms with E-state index < -0.39 is 0 Å². The van der Waals surface area contributed by atoms with Gasteiger partial charge < -0.3 is 5.73 Å². The van der Waals surface area contributed by atoms with Gasteiger partial charge in [0.05, 0.1) is 0 Å². The van der Waals surface area contributed by atoms with Crippen LogP contribution in [0.25, 0.3) is 0 Å². The van der Waals surface area contributed by atoms with Gasteiger partial charge in [-0.05, 0) is 60.3 Å². The molecule has 0 heterocycles. The van der Waals surface area contributed by atoms with Gasteiger partial charge in [0.15, 0.2) is 0 Å². The van der Waals surface area contributed by atoms with E-state index in [-0.39, 0.29) is 0 Å². The van der Waals surface area contributed by atoms with Crippen molar-refractivity contribution >= 4 is 0 Å². The summed E-state index contributed by atoms with van der Waals surface area (Å²) in [7, 11) is 0. The van der Waals surface area contributed by atoms with Gasteiger partial charge in [0.1, 0.15) is 0 Å². The Labute approximate surface area is 85.3 Å². The van der Waals surface area contributed by atoms with Crippen LogP contribution in [0.3, 0.4) is 0 Å². The van der Waals surface area contributed by atoms with E-state index in [1.54, 1.807) is 16.7 Å². The molecule has 1 heteroatoms. The minimum absolute atomic E-state index is 0.699. The molecule has 74 valence electrons. The number of nitrogens with two attached hydrogens (primary N) is 1. The summed E-state index contributed by atoms with van der Waals surface area (Å²) in [4.78, 5) is 0. The van der Waals surface area contributed by atoms with Gasteiger partial charge >= 0.3 is 0 Å². The molecule has 1 nitrogen and oxygen atoms in total. The van der Waals surface area contributed by atoms with Crippen LogP contribution in [0.5, 0.6) is 0 Å². The van der Waals surface area contributed by atoms with E-state index in [0.29, 0.717) is 6.54 Å². The second-order valence-electron chi connectivity index (χ2n) is 4.66. The molecule has 0 amide bonds. The predicted octanol–water partition coefficient (Wildman–Crippen LogP) is 2.51. The number of benzene rings is 1. The predicted molar refractivity (Wildman–Crippen MR) is 58.3 cm³/mol. The Morgan fingerprint density at radius 1 is 1.14 bits per heavy atom. The lowest BCUT2D eigenvalue weighted by Crippen LogP contribution is -2.08. The second-order valence-corrected chi connectivity index (χ2v) is 4.66. The fourth-order valence-electron chi connectivity index (χ4n) is 3.21. The summed E-state index contributed by atoms with van der Waals surface area (Å²) < 4.78 is 0. The highest BCUT2D eigenvalue weighted by Crippen LogP contribution is 2.42. The molecule has 14 heavy (non-hydrogen) atoms. The summed E-state index contributed by atoms with van der Waals surface area (Å²) in [5.41, 5.74) is 12.0. The molecule has 0 aliphatic heterocycles. The molecule has 0 saturated carbocycles. The van der Waals surface area contributed by atoms with E-state index >= 15 is 0 Å². The van der Waals surface area contributed by atoms with Crippen LogP contribution in [-0.2, 0) is 19.4 Å². The topological polar surface area (TPSA) is 26.0 Å². The van der Waals surface area contributed by atoms with Crippen molar-refractivity contribution in [3.05, 3.63) is 34.4 Å². The maximum atomic E-state index is 5.72. The van der Waals surface area contributed by atoms with E-state index in [0.717, 1.165) is 5.92 Å². The lowest BCUT2D eigenvalue weighted by atomic mass is 9.83. The average molecular weight is 187 g/mol. The van der Waals surface area contributed by atoms with Crippen molar-refractivity contribution in [2.45, 2.75) is 44.6 Å². The Kier molecular flexibility index (Phi) is 1.88. The summed E-state index contributed by atoms with van der Waals surface area (Å²) in [5.74, 6) is 0.889. The maximum absolute atomic E-state index is 5.72. The highest BCUT2D eigenvalue weighted by atomic mass is 14.5. The van der Waals surface area contributed by atoms with E-state index in [4.69, 9.17) is 5.73 Å². The zero-order valence-electron chi connectivity index (χ0n) is 8.55. The van der Waals surface area contributed by atoms with E-state index in [9.17, 15) is 0 Å². The molecule has 0 fully saturated rings. The van der Waals surface area contributed by atoms with Crippen LogP contribution in [-0.4, -0.2) is 0 Å². The average Bonchev–Trinajstić information content (AvgIpc) is 2.64. The highest BCUT2D eigenvalue weighted by Gasteiger charge is 2.28. The van der Waals surface area contributed by atoms with Crippen molar-refractivity contribution < 1.29 is 0 Å². The van der Waals surface area contributed by atoms with Gasteiger partial charge in [0.2, 0.25) is 0 Å². The molecular weight excluding hydrogens is 170 g/mol. The Morgan fingerprint density at radius 2 is 1.93 bits per heavy atom. The van der Waals surface area contributed by atoms with Gasteiger partial charge in [0.25, 0.3) is 0 Å². The van der Waals surface area contributed by atoms with Crippen LogP contribution >= 0.6 is 0 Å². The lowest BCUT2D eigenvalue weighted by Gasteiger charge is -2.22. The molecule has 0 radical (unpaired) electrons. The fourth-order valence-corrected chi connectivity index (χ4v) is 3.21. The first-order chi connectivity index (χ1) is 6.88. The van der Waals surface area contributed by atoms with Crippen LogP contribution < -0.4 is 5.73 Å². The third kappa shape index (κ3) is 1.12. The minimum atomic E-state index is 0.699. The first-order valence-electron chi connectivity index (χ1n) is 5.73. The Hall–Kier alpha value is -0.820. The van der Waals surface area contributed by atoms with Crippen molar-refractivity contribution in [1.29, 1.82) is 0 Å². The summed E-state index contributed by atoms with van der Waals surface area (Å²) in [5, 5.41) is 0. The smallest absolute Gasteiger partial charge is 0.0178 e. The zero-order valence-corrected chi connectivity index (χ0v) is 8.55. The van der Waals surface area contributed by atoms with E-state index in [1.165, 1.54) is 37.7 Å². The van der Waals surface area contributed by atoms with Crippen LogP contribution in [0, 0.1) is 0 Å². The lowest BCUT2D eigenvalue weighted by molar-refractivity contribution is 0.555. The molecule has 1 atom stereocenters. The summed E-state index contributed by atoms with van der Waals surface area (Å²) >= 11 is 0. The van der Waals surface area contributed by atoms with Gasteiger partial charge in [-0.3, -0.25) is 0 Å². The Balaban J connectivity index is 2.16. The summed E-state index contributed by atoms with van der Waals surface area (Å²) in [6.07, 6.45) is 6.76. The third-order valence-corrected chi connectivity index (χ3v) is 3.82. The fraction of sp³-hybridized carbons (Fsp3) is 0.538. The summed E-state index contributed by atoms with van der Waals surface area (Å²) in [6.45, 7) is 0.699. The molecule has 2 N–H and O–H groups in total. The minimum Gasteiger partial charge on any atom is -0.326 e. The van der Waals surface area contributed by atoms with Crippen molar-refractivity contribution in [1.82, 2.24) is 0 Å². The normalized spacial score (nSPS) is 23.6. The van der Waals surface area contributed by atoms with Crippen molar-refractivity contribution in [2.24, 2.45) is 5.73 Å². The molecule has 0 bridgehead atoms. The number of hydrogen-bond donors (Lipinski definition) is 1. The first kappa shape index (κ1) is 8.49. The largest absolute Gasteiger partial charge is 0.326 e. The van der Waals surface area contributed by atoms with Gasteiger partial charge in [-0.15, -0.1) is 0 Å². The number of hydrogen-bond acceptors (Lipinski definition) is 1. The standard InChI is InChI=1S/C13H17N/c14-8-9-6-11-3-1-2-10-4-5-12(7-9)13(10)11/h6-7,10H,1-5,8,14H2. The highest BCUT2D eigenvalue weighted by molar-refractivity contribution is 5.46. The molecule has 3 rings (SSSR count). The van der Waals surface area contributed by atoms with Gasteiger partial charge in [0, 0.05) is 6.54 Å². The van der Waals surface area contributed by atoms with Crippen LogP contribution in [0.15, 0.2) is 12.1 Å². The zero-order chi connectivity index (χ0) is 9.54. The molecule has 1 aromatic rings. The molecule has 1 unspecified atom stereocenters. The molecule has 2 aliphatic carbocycles. The quantitative estimate of drug-likeness (QED) is 0.718. The Bertz CT molecular complexity index is 368. The maximum Gasteiger partial charge on any atom is 0.0178 e. The third-order valence-electron chi connectivity index (χ3n) is 3.82. The molecule has 0 spiro atoms. The van der Waals surface area contributed by atoms with Crippen molar-refractivity contribution in [3.8, 4) is 0 Å². The molecule has 0 saturated heterocycles. The van der Waals surface area contributed by atoms with E-state index in [1.807, 2.05) is 0 Å². The van der Waals surface area contributed by atoms with Gasteiger partial charge in [-0.2, -0.15) is 0 Å². The van der Waals surface area contributed by atoms with Crippen LogP contribution in [0.4, 0.5) is 0 Å². The molecule has 0 aromatic heterocycles. The van der Waals surface area contributed by atoms with E-state index in [2.05, 4.69) is 12.1 Å². The SMILES string of the molecule is NCc1cc2c3c(c1)CCC3CCC2. The van der Waals surface area contributed by atoms with Gasteiger partial charge in [-0.25, -0.2) is 0 Å². The second kappa shape index (κ2) is 3.09. The van der Waals surface area contributed by atoms with Crippen LogP contribution in [0.1, 0.15) is 47.4 Å². The van der Waals surface area contributed by atoms with Crippen molar-refractivity contribution in [3.63, 3.8) is 0 Å². The monoisotopic (exact) mass is 187 g/mol. The molecule has 2 aliphatic rings. The van der Waals surface area contributed by atoms with Crippen molar-refractivity contribution in [2.75, 3.05) is 0 Å². The number of aryl methyl sites for hydroxylation is 2.